The summed E-state index contributed by atoms with van der Waals surface area (Å²) in [5, 5.41) is 0. The molecule has 0 aliphatic heterocycles. The maximum absolute atomic E-state index is 11.1. The van der Waals surface area contributed by atoms with Crippen LogP contribution in [0.15, 0.2) is 42.5 Å². The van der Waals surface area contributed by atoms with Crippen molar-refractivity contribution >= 4 is 5.97 Å². The molecule has 2 heteroatoms. The van der Waals surface area contributed by atoms with Gasteiger partial charge in [-0.25, -0.2) is 0 Å². The molecule has 0 atom stereocenters. The van der Waals surface area contributed by atoms with Crippen molar-refractivity contribution in [3.05, 3.63) is 48.0 Å². The van der Waals surface area contributed by atoms with Gasteiger partial charge in [0.1, 0.15) is 0 Å². The van der Waals surface area contributed by atoms with E-state index in [1.807, 2.05) is 13.0 Å². The van der Waals surface area contributed by atoms with E-state index in [0.29, 0.717) is 13.0 Å². The number of ether oxygens (including phenoxy) is 1. The Bertz CT molecular complexity index is 368. The molecular weight excluding hydrogens is 236 g/mol. The second-order valence-electron chi connectivity index (χ2n) is 4.57. The normalized spacial score (nSPS) is 10.8. The Morgan fingerprint density at radius 1 is 1.11 bits per heavy atom. The maximum Gasteiger partial charge on any atom is 0.305 e. The number of esters is 1. The second-order valence-corrected chi connectivity index (χ2v) is 4.57. The quantitative estimate of drug-likeness (QED) is 0.376. The van der Waals surface area contributed by atoms with Crippen molar-refractivity contribution in [2.45, 2.75) is 45.4 Å². The van der Waals surface area contributed by atoms with Gasteiger partial charge in [-0.1, -0.05) is 48.9 Å². The average Bonchev–Trinajstić information content (AvgIpc) is 2.43. The first kappa shape index (κ1) is 15.5. The van der Waals surface area contributed by atoms with E-state index in [4.69, 9.17) is 4.74 Å². The van der Waals surface area contributed by atoms with Crippen molar-refractivity contribution in [3.8, 4) is 0 Å². The first-order valence-electron chi connectivity index (χ1n) is 7.17. The number of unbranched alkanes of at least 4 members (excludes halogenated alkanes) is 3. The highest BCUT2D eigenvalue weighted by Crippen LogP contribution is 2.06. The Labute approximate surface area is 116 Å². The van der Waals surface area contributed by atoms with E-state index in [0.717, 1.165) is 32.1 Å². The summed E-state index contributed by atoms with van der Waals surface area (Å²) in [6.07, 6.45) is 10.3. The number of rotatable bonds is 9. The molecule has 0 unspecified atom stereocenters. The van der Waals surface area contributed by atoms with Crippen LogP contribution in [0, 0.1) is 0 Å². The van der Waals surface area contributed by atoms with Gasteiger partial charge in [0.2, 0.25) is 0 Å². The third-order valence-electron chi connectivity index (χ3n) is 2.92. The smallest absolute Gasteiger partial charge is 0.305 e. The number of allylic oxidation sites excluding steroid dienone is 2. The minimum absolute atomic E-state index is 0.0675. The van der Waals surface area contributed by atoms with Crippen LogP contribution in [-0.4, -0.2) is 12.6 Å². The molecule has 1 aromatic rings. The van der Waals surface area contributed by atoms with Crippen molar-refractivity contribution in [2.75, 3.05) is 6.61 Å². The molecule has 0 radical (unpaired) electrons. The Hall–Kier alpha value is -1.57. The summed E-state index contributed by atoms with van der Waals surface area (Å²) in [5.74, 6) is -0.0675. The Balaban J connectivity index is 1.97. The molecule has 0 aliphatic carbocycles. The fourth-order valence-electron chi connectivity index (χ4n) is 1.89. The summed E-state index contributed by atoms with van der Waals surface area (Å²) in [5.41, 5.74) is 1.35. The molecule has 0 amide bonds. The lowest BCUT2D eigenvalue weighted by molar-refractivity contribution is -0.143. The van der Waals surface area contributed by atoms with Crippen molar-refractivity contribution in [2.24, 2.45) is 0 Å². The van der Waals surface area contributed by atoms with Crippen molar-refractivity contribution in [1.82, 2.24) is 0 Å². The Morgan fingerprint density at radius 3 is 2.63 bits per heavy atom. The van der Waals surface area contributed by atoms with Gasteiger partial charge in [-0.15, -0.1) is 0 Å². The van der Waals surface area contributed by atoms with Crippen molar-refractivity contribution in [3.63, 3.8) is 0 Å². The zero-order chi connectivity index (χ0) is 13.8. The molecule has 1 aromatic carbocycles. The highest BCUT2D eigenvalue weighted by Gasteiger charge is 1.99. The van der Waals surface area contributed by atoms with Crippen LogP contribution in [0.5, 0.6) is 0 Å². The van der Waals surface area contributed by atoms with Crippen LogP contribution in [0.25, 0.3) is 0 Å². The standard InChI is InChI=1S/C17H24O2/c1-2-19-17(18)15-11-6-4-3-5-8-12-16-13-9-7-10-14-16/h5,7-10,13-14H,2-4,6,11-12,15H2,1H3/b8-5+. The van der Waals surface area contributed by atoms with Crippen molar-refractivity contribution in [1.29, 1.82) is 0 Å². The third-order valence-corrected chi connectivity index (χ3v) is 2.92. The monoisotopic (exact) mass is 260 g/mol. The Kier molecular flexibility index (Phi) is 8.45. The van der Waals surface area contributed by atoms with Crippen LogP contribution in [0.3, 0.4) is 0 Å². The van der Waals surface area contributed by atoms with Gasteiger partial charge in [-0.05, 0) is 38.2 Å². The highest BCUT2D eigenvalue weighted by atomic mass is 16.5. The topological polar surface area (TPSA) is 26.3 Å². The van der Waals surface area contributed by atoms with E-state index in [2.05, 4.69) is 36.4 Å². The van der Waals surface area contributed by atoms with Crippen molar-refractivity contribution < 1.29 is 9.53 Å². The van der Waals surface area contributed by atoms with E-state index >= 15 is 0 Å². The molecular formula is C17H24O2. The SMILES string of the molecule is CCOC(=O)CCCCC/C=C/Cc1ccccc1. The van der Waals surface area contributed by atoms with E-state index in [1.54, 1.807) is 0 Å². The van der Waals surface area contributed by atoms with Gasteiger partial charge in [0.05, 0.1) is 6.61 Å². The molecule has 19 heavy (non-hydrogen) atoms. The van der Waals surface area contributed by atoms with E-state index < -0.39 is 0 Å². The molecule has 0 saturated heterocycles. The number of hydrogen-bond acceptors (Lipinski definition) is 2. The van der Waals surface area contributed by atoms with E-state index in [-0.39, 0.29) is 5.97 Å². The summed E-state index contributed by atoms with van der Waals surface area (Å²) < 4.78 is 4.88. The second kappa shape index (κ2) is 10.4. The van der Waals surface area contributed by atoms with Crippen LogP contribution >= 0.6 is 0 Å². The average molecular weight is 260 g/mol. The first-order chi connectivity index (χ1) is 9.33. The van der Waals surface area contributed by atoms with Gasteiger partial charge in [0, 0.05) is 6.42 Å². The van der Waals surface area contributed by atoms with Crippen LogP contribution in [0.1, 0.15) is 44.6 Å². The molecule has 2 nitrogen and oxygen atoms in total. The summed E-state index contributed by atoms with van der Waals surface area (Å²) in [4.78, 5) is 11.1. The van der Waals surface area contributed by atoms with Crippen LogP contribution < -0.4 is 0 Å². The lowest BCUT2D eigenvalue weighted by Gasteiger charge is -2.00. The van der Waals surface area contributed by atoms with Crippen LogP contribution in [-0.2, 0) is 16.0 Å². The molecule has 0 saturated carbocycles. The molecule has 0 spiro atoms. The minimum atomic E-state index is -0.0675. The number of benzene rings is 1. The zero-order valence-corrected chi connectivity index (χ0v) is 11.8. The maximum atomic E-state index is 11.1. The summed E-state index contributed by atoms with van der Waals surface area (Å²) in [6.45, 7) is 2.33. The highest BCUT2D eigenvalue weighted by molar-refractivity contribution is 5.69. The van der Waals surface area contributed by atoms with Gasteiger partial charge < -0.3 is 4.74 Å². The Morgan fingerprint density at radius 2 is 1.89 bits per heavy atom. The molecule has 0 aromatic heterocycles. The summed E-state index contributed by atoms with van der Waals surface area (Å²) in [6, 6.07) is 10.5. The van der Waals surface area contributed by atoms with E-state index in [9.17, 15) is 4.79 Å². The molecule has 0 aliphatic rings. The number of carbonyl (C=O) groups excluding carboxylic acids is 1. The fourth-order valence-corrected chi connectivity index (χ4v) is 1.89. The van der Waals surface area contributed by atoms with Gasteiger partial charge in [-0.2, -0.15) is 0 Å². The minimum Gasteiger partial charge on any atom is -0.466 e. The molecule has 0 bridgehead atoms. The predicted octanol–water partition coefficient (Wildman–Crippen LogP) is 4.30. The summed E-state index contributed by atoms with van der Waals surface area (Å²) >= 11 is 0. The fraction of sp³-hybridized carbons (Fsp3) is 0.471. The lowest BCUT2D eigenvalue weighted by atomic mass is 10.1. The largest absolute Gasteiger partial charge is 0.466 e. The number of hydrogen-bond donors (Lipinski definition) is 0. The zero-order valence-electron chi connectivity index (χ0n) is 11.8. The molecule has 0 fully saturated rings. The van der Waals surface area contributed by atoms with Crippen LogP contribution in [0.2, 0.25) is 0 Å². The van der Waals surface area contributed by atoms with Gasteiger partial charge in [0.25, 0.3) is 0 Å². The molecule has 104 valence electrons. The van der Waals surface area contributed by atoms with Gasteiger partial charge in [0.15, 0.2) is 0 Å². The lowest BCUT2D eigenvalue weighted by Crippen LogP contribution is -2.02. The molecule has 0 heterocycles. The molecule has 1 rings (SSSR count). The number of carbonyl (C=O) groups is 1. The predicted molar refractivity (Wildman–Crippen MR) is 79.0 cm³/mol. The van der Waals surface area contributed by atoms with E-state index in [1.165, 1.54) is 5.56 Å². The van der Waals surface area contributed by atoms with Crippen LogP contribution in [0.4, 0.5) is 0 Å². The first-order valence-corrected chi connectivity index (χ1v) is 7.17. The molecule has 0 N–H and O–H groups in total. The third kappa shape index (κ3) is 8.20. The van der Waals surface area contributed by atoms with Gasteiger partial charge >= 0.3 is 5.97 Å². The van der Waals surface area contributed by atoms with Gasteiger partial charge in [-0.3, -0.25) is 4.79 Å². The summed E-state index contributed by atoms with van der Waals surface area (Å²) in [7, 11) is 0.